The predicted molar refractivity (Wildman–Crippen MR) is 133 cm³/mol. The molecule has 1 heterocycles. The van der Waals surface area contributed by atoms with Crippen molar-refractivity contribution in [2.45, 2.75) is 13.8 Å². The van der Waals surface area contributed by atoms with Gasteiger partial charge >= 0.3 is 0 Å². The number of carbonyl (C=O) groups is 3. The average molecular weight is 525 g/mol. The Balaban J connectivity index is 1.57. The van der Waals surface area contributed by atoms with Gasteiger partial charge in [-0.25, -0.2) is 4.90 Å². The molecule has 3 amide bonds. The van der Waals surface area contributed by atoms with Gasteiger partial charge in [0, 0.05) is 21.4 Å². The molecule has 166 valence electrons. The highest BCUT2D eigenvalue weighted by molar-refractivity contribution is 9.10. The van der Waals surface area contributed by atoms with E-state index in [0.29, 0.717) is 22.6 Å². The average Bonchev–Trinajstić information content (AvgIpc) is 3.00. The van der Waals surface area contributed by atoms with Gasteiger partial charge in [-0.05, 0) is 67.9 Å². The van der Waals surface area contributed by atoms with Crippen molar-refractivity contribution < 1.29 is 14.4 Å². The van der Waals surface area contributed by atoms with Crippen LogP contribution >= 0.6 is 27.5 Å². The Hall–Kier alpha value is -3.42. The van der Waals surface area contributed by atoms with Crippen LogP contribution in [0, 0.1) is 13.8 Å². The van der Waals surface area contributed by atoms with Crippen molar-refractivity contribution in [3.8, 4) is 0 Å². The normalized spacial score (nSPS) is 13.5. The first kappa shape index (κ1) is 22.8. The molecule has 0 saturated carbocycles. The minimum absolute atomic E-state index is 0.0317. The molecule has 1 aliphatic heterocycles. The summed E-state index contributed by atoms with van der Waals surface area (Å²) in [5, 5.41) is 5.59. The van der Waals surface area contributed by atoms with Gasteiger partial charge in [0.2, 0.25) is 0 Å². The van der Waals surface area contributed by atoms with Gasteiger partial charge in [0.05, 0.1) is 5.69 Å². The van der Waals surface area contributed by atoms with Crippen molar-refractivity contribution >= 4 is 62.3 Å². The molecule has 0 bridgehead atoms. The maximum Gasteiger partial charge on any atom is 0.283 e. The molecule has 0 radical (unpaired) electrons. The summed E-state index contributed by atoms with van der Waals surface area (Å²) < 4.78 is 0.905. The zero-order valence-corrected chi connectivity index (χ0v) is 20.1. The van der Waals surface area contributed by atoms with Gasteiger partial charge in [-0.3, -0.25) is 14.4 Å². The molecule has 33 heavy (non-hydrogen) atoms. The Kier molecular flexibility index (Phi) is 6.35. The molecule has 3 aromatic carbocycles. The molecule has 0 unspecified atom stereocenters. The van der Waals surface area contributed by atoms with Crippen LogP contribution in [-0.4, -0.2) is 17.7 Å². The van der Waals surface area contributed by atoms with Crippen LogP contribution in [0.2, 0.25) is 0 Å². The highest BCUT2D eigenvalue weighted by Crippen LogP contribution is 2.31. The summed E-state index contributed by atoms with van der Waals surface area (Å²) in [5.74, 6) is -1.47. The lowest BCUT2D eigenvalue weighted by atomic mass is 10.1. The number of rotatable bonds is 5. The van der Waals surface area contributed by atoms with E-state index < -0.39 is 11.8 Å². The van der Waals surface area contributed by atoms with E-state index in [4.69, 9.17) is 11.6 Å². The molecule has 0 fully saturated rings. The van der Waals surface area contributed by atoms with Crippen molar-refractivity contribution in [1.29, 1.82) is 0 Å². The second-order valence-corrected chi connectivity index (χ2v) is 8.88. The monoisotopic (exact) mass is 523 g/mol. The summed E-state index contributed by atoms with van der Waals surface area (Å²) in [6.07, 6.45) is 0. The van der Waals surface area contributed by atoms with Gasteiger partial charge in [-0.2, -0.15) is 0 Å². The lowest BCUT2D eigenvalue weighted by Crippen LogP contribution is -2.32. The Bertz CT molecular complexity index is 1300. The number of aryl methyl sites for hydroxylation is 2. The Labute approximate surface area is 204 Å². The van der Waals surface area contributed by atoms with Crippen LogP contribution < -0.4 is 15.5 Å². The lowest BCUT2D eigenvalue weighted by molar-refractivity contribution is -0.120. The first-order chi connectivity index (χ1) is 15.7. The lowest BCUT2D eigenvalue weighted by Gasteiger charge is -2.16. The van der Waals surface area contributed by atoms with E-state index in [9.17, 15) is 14.4 Å². The predicted octanol–water partition coefficient (Wildman–Crippen LogP) is 5.75. The minimum Gasteiger partial charge on any atom is -0.349 e. The maximum absolute atomic E-state index is 13.0. The number of nitrogens with one attached hydrogen (secondary N) is 2. The van der Waals surface area contributed by atoms with E-state index in [1.165, 1.54) is 0 Å². The summed E-state index contributed by atoms with van der Waals surface area (Å²) in [6.45, 7) is 3.74. The highest BCUT2D eigenvalue weighted by atomic mass is 79.9. The summed E-state index contributed by atoms with van der Waals surface area (Å²) in [6, 6.07) is 19.3. The summed E-state index contributed by atoms with van der Waals surface area (Å²) in [5.41, 5.74) is 3.72. The van der Waals surface area contributed by atoms with Crippen molar-refractivity contribution in [1.82, 2.24) is 0 Å². The van der Waals surface area contributed by atoms with Crippen molar-refractivity contribution in [3.05, 3.63) is 98.6 Å². The number of nitrogens with zero attached hydrogens (tertiary/aromatic N) is 1. The van der Waals surface area contributed by atoms with Crippen LogP contribution in [-0.2, 0) is 9.59 Å². The van der Waals surface area contributed by atoms with Gasteiger partial charge in [0.1, 0.15) is 10.7 Å². The molecule has 6 nitrogen and oxygen atoms in total. The van der Waals surface area contributed by atoms with Crippen molar-refractivity contribution in [2.24, 2.45) is 0 Å². The van der Waals surface area contributed by atoms with Gasteiger partial charge in [-0.15, -0.1) is 0 Å². The van der Waals surface area contributed by atoms with Crippen LogP contribution in [0.3, 0.4) is 0 Å². The molecular formula is C25H19BrClN3O3. The second-order valence-electron chi connectivity index (χ2n) is 7.59. The highest BCUT2D eigenvalue weighted by Gasteiger charge is 2.39. The number of hydrogen-bond acceptors (Lipinski definition) is 4. The third-order valence-electron chi connectivity index (χ3n) is 5.18. The van der Waals surface area contributed by atoms with E-state index >= 15 is 0 Å². The van der Waals surface area contributed by atoms with E-state index in [0.717, 1.165) is 20.5 Å². The molecule has 8 heteroatoms. The fourth-order valence-electron chi connectivity index (χ4n) is 3.31. The Morgan fingerprint density at radius 1 is 0.909 bits per heavy atom. The molecule has 0 atom stereocenters. The van der Waals surface area contributed by atoms with E-state index in [-0.39, 0.29) is 16.6 Å². The number of halogens is 2. The summed E-state index contributed by atoms with van der Waals surface area (Å²) in [7, 11) is 0. The molecule has 1 aliphatic rings. The zero-order valence-electron chi connectivity index (χ0n) is 17.8. The van der Waals surface area contributed by atoms with Gasteiger partial charge in [0.25, 0.3) is 17.7 Å². The Morgan fingerprint density at radius 2 is 1.58 bits per heavy atom. The van der Waals surface area contributed by atoms with Gasteiger partial charge in [0.15, 0.2) is 0 Å². The first-order valence-corrected chi connectivity index (χ1v) is 11.2. The van der Waals surface area contributed by atoms with Gasteiger partial charge in [-0.1, -0.05) is 51.3 Å². The molecule has 4 rings (SSSR count). The summed E-state index contributed by atoms with van der Waals surface area (Å²) in [4.78, 5) is 39.5. The number of carbonyl (C=O) groups excluding carboxylic acids is 3. The van der Waals surface area contributed by atoms with Crippen LogP contribution in [0.4, 0.5) is 17.1 Å². The van der Waals surface area contributed by atoms with Gasteiger partial charge < -0.3 is 10.6 Å². The molecule has 0 aliphatic carbocycles. The fraction of sp³-hybridized carbons (Fsp3) is 0.0800. The molecule has 0 aromatic heterocycles. The first-order valence-electron chi connectivity index (χ1n) is 10.0. The third-order valence-corrected chi connectivity index (χ3v) is 6.06. The van der Waals surface area contributed by atoms with Crippen LogP contribution in [0.15, 0.2) is 81.9 Å². The zero-order chi connectivity index (χ0) is 23.7. The smallest absolute Gasteiger partial charge is 0.283 e. The molecule has 3 aromatic rings. The second kappa shape index (κ2) is 9.21. The Morgan fingerprint density at radius 3 is 2.24 bits per heavy atom. The third kappa shape index (κ3) is 4.69. The topological polar surface area (TPSA) is 78.5 Å². The van der Waals surface area contributed by atoms with Crippen molar-refractivity contribution in [3.63, 3.8) is 0 Å². The number of hydrogen-bond donors (Lipinski definition) is 2. The van der Waals surface area contributed by atoms with Crippen molar-refractivity contribution in [2.75, 3.05) is 15.5 Å². The molecule has 2 N–H and O–H groups in total. The standard InChI is InChI=1S/C25H19BrClN3O3/c1-14-3-11-19(12-4-14)30-24(32)21(27)22(25(30)33)29-20-13-16(6-5-15(20)2)23(31)28-18-9-7-17(26)8-10-18/h3-13,29H,1-2H3,(H,28,31). The fourth-order valence-corrected chi connectivity index (χ4v) is 3.79. The quantitative estimate of drug-likeness (QED) is 0.416. The summed E-state index contributed by atoms with van der Waals surface area (Å²) >= 11 is 9.61. The van der Waals surface area contributed by atoms with Crippen LogP contribution in [0.25, 0.3) is 0 Å². The number of anilines is 3. The molecule has 0 saturated heterocycles. The molecular weight excluding hydrogens is 506 g/mol. The van der Waals surface area contributed by atoms with E-state index in [2.05, 4.69) is 26.6 Å². The number of amides is 3. The minimum atomic E-state index is -0.602. The van der Waals surface area contributed by atoms with Crippen LogP contribution in [0.1, 0.15) is 21.5 Å². The van der Waals surface area contributed by atoms with E-state index in [1.54, 1.807) is 42.5 Å². The SMILES string of the molecule is Cc1ccc(N2C(=O)C(Cl)=C(Nc3cc(C(=O)Nc4ccc(Br)cc4)ccc3C)C2=O)cc1. The maximum atomic E-state index is 13.0. The van der Waals surface area contributed by atoms with Crippen LogP contribution in [0.5, 0.6) is 0 Å². The van der Waals surface area contributed by atoms with E-state index in [1.807, 2.05) is 38.1 Å². The number of benzene rings is 3. The largest absolute Gasteiger partial charge is 0.349 e. The molecule has 0 spiro atoms. The number of imide groups is 1.